The molecule has 3 heterocycles. The second-order valence-electron chi connectivity index (χ2n) is 12.2. The van der Waals surface area contributed by atoms with Crippen molar-refractivity contribution < 1.29 is 19.7 Å². The summed E-state index contributed by atoms with van der Waals surface area (Å²) in [7, 11) is 0. The van der Waals surface area contributed by atoms with E-state index in [4.69, 9.17) is 9.40 Å². The first kappa shape index (κ1) is 26.3. The van der Waals surface area contributed by atoms with Gasteiger partial charge in [0.25, 0.3) is 0 Å². The van der Waals surface area contributed by atoms with E-state index in [-0.39, 0.29) is 23.9 Å². The van der Waals surface area contributed by atoms with E-state index in [1.54, 1.807) is 6.20 Å². The number of aryl methyl sites for hydroxylation is 1. The summed E-state index contributed by atoms with van der Waals surface area (Å²) >= 11 is 0. The molecule has 1 saturated carbocycles. The number of nitrogens with zero attached hydrogens (tertiary/aromatic N) is 3. The number of hydrogen-bond acceptors (Lipinski definition) is 9. The van der Waals surface area contributed by atoms with E-state index in [1.807, 2.05) is 19.1 Å². The lowest BCUT2D eigenvalue weighted by atomic mass is 9.91. The zero-order valence-corrected chi connectivity index (χ0v) is 22.3. The van der Waals surface area contributed by atoms with Crippen molar-refractivity contribution in [3.05, 3.63) is 29.7 Å². The van der Waals surface area contributed by atoms with E-state index in [1.165, 1.54) is 0 Å². The molecular weight excluding hydrogens is 458 g/mol. The van der Waals surface area contributed by atoms with Crippen LogP contribution in [0.4, 0.5) is 11.8 Å². The number of hydrogen-bond donors (Lipinski definition) is 5. The van der Waals surface area contributed by atoms with E-state index < -0.39 is 17.7 Å². The van der Waals surface area contributed by atoms with Gasteiger partial charge in [-0.15, -0.1) is 0 Å². The van der Waals surface area contributed by atoms with Crippen molar-refractivity contribution in [1.29, 1.82) is 0 Å². The second kappa shape index (κ2) is 9.28. The fraction of sp³-hybridized carbons (Fsp3) is 0.593. The van der Waals surface area contributed by atoms with Gasteiger partial charge in [-0.05, 0) is 37.3 Å². The molecule has 0 aliphatic heterocycles. The summed E-state index contributed by atoms with van der Waals surface area (Å²) in [5.74, 6) is 0.883. The summed E-state index contributed by atoms with van der Waals surface area (Å²) in [6.07, 6.45) is 1.33. The third-order valence-electron chi connectivity index (χ3n) is 6.69. The highest BCUT2D eigenvalue weighted by molar-refractivity contribution is 5.86. The van der Waals surface area contributed by atoms with Crippen LogP contribution in [-0.2, 0) is 5.41 Å². The highest BCUT2D eigenvalue weighted by Gasteiger charge is 2.47. The minimum absolute atomic E-state index is 0.00816. The Morgan fingerprint density at radius 1 is 1.14 bits per heavy atom. The number of anilines is 2. The van der Waals surface area contributed by atoms with E-state index in [2.05, 4.69) is 62.1 Å². The van der Waals surface area contributed by atoms with E-state index in [0.29, 0.717) is 47.3 Å². The van der Waals surface area contributed by atoms with Crippen LogP contribution < -0.4 is 10.6 Å². The number of pyridine rings is 1. The van der Waals surface area contributed by atoms with E-state index >= 15 is 0 Å². The Hall–Kier alpha value is -2.75. The summed E-state index contributed by atoms with van der Waals surface area (Å²) in [5, 5.41) is 38.9. The largest absolute Gasteiger partial charge is 0.454 e. The molecule has 5 N–H and O–H groups in total. The highest BCUT2D eigenvalue weighted by Crippen LogP contribution is 2.40. The van der Waals surface area contributed by atoms with Gasteiger partial charge in [0.2, 0.25) is 5.95 Å². The minimum atomic E-state index is -1.64. The van der Waals surface area contributed by atoms with Crippen molar-refractivity contribution in [2.24, 2.45) is 11.3 Å². The van der Waals surface area contributed by atoms with Gasteiger partial charge in [0.05, 0.1) is 17.5 Å². The van der Waals surface area contributed by atoms with Crippen LogP contribution in [0.1, 0.15) is 65.8 Å². The number of aliphatic hydroxyl groups excluding tert-OH is 2. The Bertz CT molecular complexity index is 1240. The monoisotopic (exact) mass is 497 g/mol. The minimum Gasteiger partial charge on any atom is -0.454 e. The molecule has 196 valence electrons. The molecule has 3 aromatic heterocycles. The van der Waals surface area contributed by atoms with Gasteiger partial charge >= 0.3 is 0 Å². The molecular formula is C27H39N5O4. The Labute approximate surface area is 212 Å². The maximum Gasteiger partial charge on any atom is 0.224 e. The average molecular weight is 498 g/mol. The lowest BCUT2D eigenvalue weighted by Gasteiger charge is -2.31. The van der Waals surface area contributed by atoms with Crippen LogP contribution in [0.3, 0.4) is 0 Å². The van der Waals surface area contributed by atoms with Gasteiger partial charge in [-0.1, -0.05) is 41.5 Å². The summed E-state index contributed by atoms with van der Waals surface area (Å²) < 4.78 is 6.18. The molecule has 0 spiro atoms. The summed E-state index contributed by atoms with van der Waals surface area (Å²) in [6.45, 7) is 15.0. The molecule has 4 rings (SSSR count). The summed E-state index contributed by atoms with van der Waals surface area (Å²) in [6, 6.07) is 3.95. The number of aliphatic hydroxyl groups is 3. The van der Waals surface area contributed by atoms with Gasteiger partial charge in [0.15, 0.2) is 11.3 Å². The van der Waals surface area contributed by atoms with Crippen molar-refractivity contribution in [3.8, 4) is 11.3 Å². The van der Waals surface area contributed by atoms with Gasteiger partial charge in [-0.3, -0.25) is 4.98 Å². The second-order valence-corrected chi connectivity index (χ2v) is 12.2. The molecule has 0 aromatic carbocycles. The lowest BCUT2D eigenvalue weighted by Crippen LogP contribution is -2.48. The number of rotatable bonds is 6. The van der Waals surface area contributed by atoms with Gasteiger partial charge < -0.3 is 30.4 Å². The maximum absolute atomic E-state index is 11.3. The molecule has 9 nitrogen and oxygen atoms in total. The first-order valence-electron chi connectivity index (χ1n) is 12.5. The Morgan fingerprint density at radius 2 is 1.86 bits per heavy atom. The first-order valence-corrected chi connectivity index (χ1v) is 12.5. The van der Waals surface area contributed by atoms with Crippen LogP contribution in [0.5, 0.6) is 0 Å². The quantitative estimate of drug-likeness (QED) is 0.317. The molecule has 0 amide bonds. The Morgan fingerprint density at radius 3 is 2.47 bits per heavy atom. The standard InChI is InChI=1S/C27H39N5O4/c1-15-21(18-10-17-11-20(26(5,6)7)28-12-19(17)36-18)23(31-24(30-15)29-14-25(2,3)4)32-27(35)9-8-16(13-33)22(27)34/h10-12,16,22,33-35H,8-9,13-14H2,1-7H3,(H2,29,30,31,32). The van der Waals surface area contributed by atoms with Crippen LogP contribution in [0.2, 0.25) is 0 Å². The molecule has 0 saturated heterocycles. The number of fused-ring (bicyclic) bond motifs is 1. The van der Waals surface area contributed by atoms with Crippen LogP contribution in [-0.4, -0.2) is 55.3 Å². The third-order valence-corrected chi connectivity index (χ3v) is 6.69. The van der Waals surface area contributed by atoms with Crippen LogP contribution in [0, 0.1) is 18.3 Å². The molecule has 3 atom stereocenters. The van der Waals surface area contributed by atoms with E-state index in [0.717, 1.165) is 11.1 Å². The predicted molar refractivity (Wildman–Crippen MR) is 141 cm³/mol. The molecule has 1 aliphatic carbocycles. The topological polar surface area (TPSA) is 137 Å². The van der Waals surface area contributed by atoms with Crippen molar-refractivity contribution >= 4 is 22.7 Å². The van der Waals surface area contributed by atoms with Crippen LogP contribution in [0.25, 0.3) is 22.3 Å². The van der Waals surface area contributed by atoms with Gasteiger partial charge in [0, 0.05) is 35.6 Å². The molecule has 3 unspecified atom stereocenters. The highest BCUT2D eigenvalue weighted by atomic mass is 16.4. The maximum atomic E-state index is 11.3. The van der Waals surface area contributed by atoms with Gasteiger partial charge in [0.1, 0.15) is 17.7 Å². The predicted octanol–water partition coefficient (Wildman–Crippen LogP) is 4.21. The zero-order chi connectivity index (χ0) is 26.5. The number of furan rings is 1. The fourth-order valence-electron chi connectivity index (χ4n) is 4.49. The molecule has 1 fully saturated rings. The van der Waals surface area contributed by atoms with Crippen molar-refractivity contribution in [2.75, 3.05) is 23.8 Å². The van der Waals surface area contributed by atoms with Crippen molar-refractivity contribution in [2.45, 2.75) is 78.6 Å². The Kier molecular flexibility index (Phi) is 6.79. The average Bonchev–Trinajstić information content (AvgIpc) is 3.31. The molecule has 3 aromatic rings. The number of nitrogens with one attached hydrogen (secondary N) is 2. The fourth-order valence-corrected chi connectivity index (χ4v) is 4.49. The third kappa shape index (κ3) is 5.33. The normalized spacial score (nSPS) is 22.8. The molecule has 0 radical (unpaired) electrons. The molecule has 9 heteroatoms. The van der Waals surface area contributed by atoms with Crippen LogP contribution in [0.15, 0.2) is 22.7 Å². The molecule has 36 heavy (non-hydrogen) atoms. The van der Waals surface area contributed by atoms with Gasteiger partial charge in [-0.2, -0.15) is 4.98 Å². The van der Waals surface area contributed by atoms with Crippen LogP contribution >= 0.6 is 0 Å². The summed E-state index contributed by atoms with van der Waals surface area (Å²) in [4.78, 5) is 13.9. The molecule has 0 bridgehead atoms. The van der Waals surface area contributed by atoms with Gasteiger partial charge in [-0.25, -0.2) is 4.98 Å². The lowest BCUT2D eigenvalue weighted by molar-refractivity contribution is -0.0545. The molecule has 1 aliphatic rings. The van der Waals surface area contributed by atoms with Crippen molar-refractivity contribution in [1.82, 2.24) is 15.0 Å². The smallest absolute Gasteiger partial charge is 0.224 e. The van der Waals surface area contributed by atoms with E-state index in [9.17, 15) is 15.3 Å². The SMILES string of the molecule is Cc1nc(NCC(C)(C)C)nc(NC2(O)CCC(CO)C2O)c1-c1cc2cc(C(C)(C)C)ncc2o1. The Balaban J connectivity index is 1.80. The summed E-state index contributed by atoms with van der Waals surface area (Å²) in [5.41, 5.74) is 1.10. The van der Waals surface area contributed by atoms with Crippen molar-refractivity contribution in [3.63, 3.8) is 0 Å². The zero-order valence-electron chi connectivity index (χ0n) is 22.3. The number of aromatic nitrogens is 3. The first-order chi connectivity index (χ1) is 16.7.